The summed E-state index contributed by atoms with van der Waals surface area (Å²) >= 11 is 0. The molecule has 0 bridgehead atoms. The molecule has 1 saturated heterocycles. The number of likely N-dealkylation sites (N-methyl/N-ethyl adjacent to an activating group) is 1. The summed E-state index contributed by atoms with van der Waals surface area (Å²) in [5.74, 6) is 0.0668. The van der Waals surface area contributed by atoms with E-state index in [9.17, 15) is 9.90 Å². The predicted molar refractivity (Wildman–Crippen MR) is 94.4 cm³/mol. The molecule has 6 heteroatoms. The summed E-state index contributed by atoms with van der Waals surface area (Å²) in [7, 11) is 1.68. The van der Waals surface area contributed by atoms with Gasteiger partial charge < -0.3 is 19.2 Å². The van der Waals surface area contributed by atoms with Crippen molar-refractivity contribution in [1.29, 1.82) is 0 Å². The first-order valence-corrected chi connectivity index (χ1v) is 8.51. The van der Waals surface area contributed by atoms with Gasteiger partial charge >= 0.3 is 0 Å². The Hall–Kier alpha value is -2.15. The van der Waals surface area contributed by atoms with Crippen LogP contribution >= 0.6 is 0 Å². The number of β-amino-alcohol motifs (C(OH)–C–C–N with tert-alkyl or cyclic N) is 1. The number of benzene rings is 1. The van der Waals surface area contributed by atoms with Crippen molar-refractivity contribution in [2.24, 2.45) is 0 Å². The van der Waals surface area contributed by atoms with Crippen LogP contribution in [0.5, 0.6) is 0 Å². The van der Waals surface area contributed by atoms with Crippen molar-refractivity contribution in [3.05, 3.63) is 48.4 Å². The summed E-state index contributed by atoms with van der Waals surface area (Å²) in [6, 6.07) is 11.4. The number of ether oxygens (including phenoxy) is 1. The van der Waals surface area contributed by atoms with E-state index in [0.717, 1.165) is 24.2 Å². The van der Waals surface area contributed by atoms with Crippen LogP contribution in [0.25, 0.3) is 11.1 Å². The molecule has 1 aromatic carbocycles. The van der Waals surface area contributed by atoms with Crippen LogP contribution in [0.4, 0.5) is 0 Å². The van der Waals surface area contributed by atoms with E-state index >= 15 is 0 Å². The molecule has 6 nitrogen and oxygen atoms in total. The zero-order chi connectivity index (χ0) is 17.6. The largest absolute Gasteiger partial charge is 0.459 e. The van der Waals surface area contributed by atoms with Gasteiger partial charge in [0.05, 0.1) is 25.6 Å². The van der Waals surface area contributed by atoms with Crippen molar-refractivity contribution in [2.45, 2.75) is 6.10 Å². The number of aliphatic hydroxyl groups excluding tert-OH is 1. The Morgan fingerprint density at radius 3 is 2.68 bits per heavy atom. The highest BCUT2D eigenvalue weighted by atomic mass is 16.5. The second-order valence-electron chi connectivity index (χ2n) is 6.28. The first-order valence-electron chi connectivity index (χ1n) is 8.51. The van der Waals surface area contributed by atoms with Gasteiger partial charge in [-0.1, -0.05) is 30.3 Å². The highest BCUT2D eigenvalue weighted by Gasteiger charge is 2.23. The Morgan fingerprint density at radius 1 is 1.24 bits per heavy atom. The Kier molecular flexibility index (Phi) is 5.86. The van der Waals surface area contributed by atoms with Crippen molar-refractivity contribution in [1.82, 2.24) is 9.80 Å². The number of morpholine rings is 1. The number of carbonyl (C=O) groups is 1. The van der Waals surface area contributed by atoms with E-state index in [1.54, 1.807) is 13.1 Å². The van der Waals surface area contributed by atoms with E-state index in [-0.39, 0.29) is 12.5 Å². The Bertz CT molecular complexity index is 680. The van der Waals surface area contributed by atoms with E-state index in [2.05, 4.69) is 4.90 Å². The SMILES string of the molecule is CN(CC(O)CN1CCOCC1)C(=O)c1occc1-c1ccccc1. The van der Waals surface area contributed by atoms with Gasteiger partial charge in [0.2, 0.25) is 0 Å². The number of hydrogen-bond acceptors (Lipinski definition) is 5. The second kappa shape index (κ2) is 8.29. The Balaban J connectivity index is 1.62. The topological polar surface area (TPSA) is 66.2 Å². The number of furan rings is 1. The third kappa shape index (κ3) is 4.48. The predicted octanol–water partition coefficient (Wildman–Crippen LogP) is 1.71. The van der Waals surface area contributed by atoms with E-state index in [1.165, 1.54) is 11.2 Å². The molecule has 2 heterocycles. The molecule has 2 aromatic rings. The zero-order valence-corrected chi connectivity index (χ0v) is 14.4. The molecular formula is C19H24N2O4. The fraction of sp³-hybridized carbons (Fsp3) is 0.421. The molecule has 134 valence electrons. The minimum Gasteiger partial charge on any atom is -0.459 e. The monoisotopic (exact) mass is 344 g/mol. The average molecular weight is 344 g/mol. The molecule has 1 amide bonds. The van der Waals surface area contributed by atoms with Crippen molar-refractivity contribution < 1.29 is 19.1 Å². The summed E-state index contributed by atoms with van der Waals surface area (Å²) in [5, 5.41) is 10.3. The maximum absolute atomic E-state index is 12.7. The van der Waals surface area contributed by atoms with Gasteiger partial charge in [-0.05, 0) is 11.6 Å². The summed E-state index contributed by atoms with van der Waals surface area (Å²) in [5.41, 5.74) is 1.70. The van der Waals surface area contributed by atoms with Crippen LogP contribution in [0.15, 0.2) is 47.1 Å². The highest BCUT2D eigenvalue weighted by molar-refractivity contribution is 5.98. The average Bonchev–Trinajstić information content (AvgIpc) is 3.12. The lowest BCUT2D eigenvalue weighted by molar-refractivity contribution is 0.00854. The van der Waals surface area contributed by atoms with Crippen LogP contribution in [-0.4, -0.2) is 73.4 Å². The Labute approximate surface area is 147 Å². The number of rotatable bonds is 6. The first kappa shape index (κ1) is 17.7. The lowest BCUT2D eigenvalue weighted by Gasteiger charge is -2.30. The van der Waals surface area contributed by atoms with Gasteiger partial charge in [0.1, 0.15) is 0 Å². The molecule has 1 fully saturated rings. The van der Waals surface area contributed by atoms with Gasteiger partial charge in [-0.3, -0.25) is 9.69 Å². The van der Waals surface area contributed by atoms with Crippen molar-refractivity contribution in [3.63, 3.8) is 0 Å². The fourth-order valence-electron chi connectivity index (χ4n) is 3.03. The van der Waals surface area contributed by atoms with Gasteiger partial charge in [0.25, 0.3) is 5.91 Å². The number of amides is 1. The van der Waals surface area contributed by atoms with E-state index in [4.69, 9.17) is 9.15 Å². The summed E-state index contributed by atoms with van der Waals surface area (Å²) in [4.78, 5) is 16.4. The minimum absolute atomic E-state index is 0.232. The molecule has 25 heavy (non-hydrogen) atoms. The maximum atomic E-state index is 12.7. The molecular weight excluding hydrogens is 320 g/mol. The number of carbonyl (C=O) groups excluding carboxylic acids is 1. The van der Waals surface area contributed by atoms with Crippen molar-refractivity contribution in [2.75, 3.05) is 46.4 Å². The normalized spacial score (nSPS) is 16.6. The lowest BCUT2D eigenvalue weighted by Crippen LogP contribution is -2.45. The van der Waals surface area contributed by atoms with E-state index in [1.807, 2.05) is 30.3 Å². The molecule has 3 rings (SSSR count). The second-order valence-corrected chi connectivity index (χ2v) is 6.28. The van der Waals surface area contributed by atoms with Crippen molar-refractivity contribution in [3.8, 4) is 11.1 Å². The minimum atomic E-state index is -0.609. The molecule has 1 unspecified atom stereocenters. The van der Waals surface area contributed by atoms with Crippen LogP contribution in [-0.2, 0) is 4.74 Å². The maximum Gasteiger partial charge on any atom is 0.290 e. The van der Waals surface area contributed by atoms with Gasteiger partial charge in [0, 0.05) is 38.8 Å². The van der Waals surface area contributed by atoms with E-state index in [0.29, 0.717) is 25.5 Å². The third-order valence-electron chi connectivity index (χ3n) is 4.35. The standard InChI is InChI=1S/C19H24N2O4/c1-20(13-16(22)14-21-8-11-24-12-9-21)19(23)18-17(7-10-25-18)15-5-3-2-4-6-15/h2-7,10,16,22H,8-9,11-14H2,1H3. The van der Waals surface area contributed by atoms with Crippen LogP contribution < -0.4 is 0 Å². The Morgan fingerprint density at radius 2 is 1.96 bits per heavy atom. The van der Waals surface area contributed by atoms with Crippen LogP contribution in [0.2, 0.25) is 0 Å². The smallest absolute Gasteiger partial charge is 0.290 e. The molecule has 1 aliphatic rings. The molecule has 0 spiro atoms. The van der Waals surface area contributed by atoms with Gasteiger partial charge in [-0.2, -0.15) is 0 Å². The highest BCUT2D eigenvalue weighted by Crippen LogP contribution is 2.25. The van der Waals surface area contributed by atoms with Gasteiger partial charge in [0.15, 0.2) is 5.76 Å². The third-order valence-corrected chi connectivity index (χ3v) is 4.35. The van der Waals surface area contributed by atoms with Crippen LogP contribution in [0, 0.1) is 0 Å². The summed E-state index contributed by atoms with van der Waals surface area (Å²) in [6.07, 6.45) is 0.912. The molecule has 0 saturated carbocycles. The number of aliphatic hydroxyl groups is 1. The first-order chi connectivity index (χ1) is 12.1. The number of hydrogen-bond donors (Lipinski definition) is 1. The van der Waals surface area contributed by atoms with Crippen LogP contribution in [0.1, 0.15) is 10.6 Å². The number of nitrogens with zero attached hydrogens (tertiary/aromatic N) is 2. The molecule has 1 atom stereocenters. The summed E-state index contributed by atoms with van der Waals surface area (Å²) in [6.45, 7) is 3.79. The quantitative estimate of drug-likeness (QED) is 0.864. The van der Waals surface area contributed by atoms with Crippen molar-refractivity contribution >= 4 is 5.91 Å². The van der Waals surface area contributed by atoms with Crippen LogP contribution in [0.3, 0.4) is 0 Å². The molecule has 0 radical (unpaired) electrons. The summed E-state index contributed by atoms with van der Waals surface area (Å²) < 4.78 is 10.7. The van der Waals surface area contributed by atoms with E-state index < -0.39 is 6.10 Å². The lowest BCUT2D eigenvalue weighted by atomic mass is 10.1. The van der Waals surface area contributed by atoms with Gasteiger partial charge in [-0.15, -0.1) is 0 Å². The molecule has 1 N–H and O–H groups in total. The molecule has 1 aliphatic heterocycles. The molecule has 0 aliphatic carbocycles. The fourth-order valence-corrected chi connectivity index (χ4v) is 3.03. The molecule has 1 aromatic heterocycles. The van der Waals surface area contributed by atoms with Gasteiger partial charge in [-0.25, -0.2) is 0 Å². The zero-order valence-electron chi connectivity index (χ0n) is 14.4.